The lowest BCUT2D eigenvalue weighted by atomic mass is 10.0. The van der Waals surface area contributed by atoms with Crippen molar-refractivity contribution in [3.05, 3.63) is 60.8 Å². The van der Waals surface area contributed by atoms with E-state index in [1.54, 1.807) is 0 Å². The molecule has 0 heterocycles. The van der Waals surface area contributed by atoms with Crippen LogP contribution in [0.15, 0.2) is 60.8 Å². The highest BCUT2D eigenvalue weighted by atomic mass is 16.6. The molecule has 0 saturated carbocycles. The third-order valence-corrected chi connectivity index (χ3v) is 15.5. The third-order valence-electron chi connectivity index (χ3n) is 15.5. The first-order chi connectivity index (χ1) is 39.0. The van der Waals surface area contributed by atoms with Crippen molar-refractivity contribution in [1.29, 1.82) is 0 Å². The minimum atomic E-state index is -0.779. The van der Waals surface area contributed by atoms with Gasteiger partial charge in [0, 0.05) is 19.3 Å². The number of unbranched alkanes of at least 4 members (excludes halogenated alkanes) is 43. The molecule has 460 valence electrons. The van der Waals surface area contributed by atoms with Crippen LogP contribution < -0.4 is 0 Å². The lowest BCUT2D eigenvalue weighted by Gasteiger charge is -2.18. The van der Waals surface area contributed by atoms with E-state index in [0.717, 1.165) is 96.3 Å². The summed E-state index contributed by atoms with van der Waals surface area (Å²) in [5, 5.41) is 0. The maximum absolute atomic E-state index is 12.9. The van der Waals surface area contributed by atoms with E-state index in [4.69, 9.17) is 14.2 Å². The van der Waals surface area contributed by atoms with Gasteiger partial charge < -0.3 is 14.2 Å². The van der Waals surface area contributed by atoms with Gasteiger partial charge in [-0.25, -0.2) is 0 Å². The number of hydrogen-bond donors (Lipinski definition) is 0. The van der Waals surface area contributed by atoms with Gasteiger partial charge in [0.1, 0.15) is 13.2 Å². The highest BCUT2D eigenvalue weighted by Crippen LogP contribution is 2.18. The number of allylic oxidation sites excluding steroid dienone is 10. The molecule has 0 aromatic heterocycles. The van der Waals surface area contributed by atoms with Crippen molar-refractivity contribution in [3.8, 4) is 0 Å². The monoisotopic (exact) mass is 1110 g/mol. The Kier molecular flexibility index (Phi) is 65.1. The Bertz CT molecular complexity index is 1410. The van der Waals surface area contributed by atoms with Crippen LogP contribution in [0.25, 0.3) is 0 Å². The maximum Gasteiger partial charge on any atom is 0.306 e. The molecule has 6 heteroatoms. The SMILES string of the molecule is CCC/C=C\C/C=C\CCCCCCCC(=O)OCC(COC(=O)CCCCCCCCCCCCCCCC/C=C\C/C=C\C/C=C\CCCCCCC)OC(=O)CCCCCCCCCCCCCCCCCCCCC. The largest absolute Gasteiger partial charge is 0.462 e. The molecule has 0 aliphatic rings. The summed E-state index contributed by atoms with van der Waals surface area (Å²) in [6, 6.07) is 0. The van der Waals surface area contributed by atoms with E-state index < -0.39 is 6.10 Å². The Morgan fingerprint density at radius 2 is 0.481 bits per heavy atom. The predicted octanol–water partition coefficient (Wildman–Crippen LogP) is 23.9. The van der Waals surface area contributed by atoms with Gasteiger partial charge in [0.2, 0.25) is 0 Å². The van der Waals surface area contributed by atoms with Crippen molar-refractivity contribution >= 4 is 17.9 Å². The average Bonchev–Trinajstić information content (AvgIpc) is 3.45. The summed E-state index contributed by atoms with van der Waals surface area (Å²) in [5.74, 6) is -0.867. The van der Waals surface area contributed by atoms with Gasteiger partial charge in [-0.2, -0.15) is 0 Å². The normalized spacial score (nSPS) is 12.4. The lowest BCUT2D eigenvalue weighted by molar-refractivity contribution is -0.167. The second kappa shape index (κ2) is 67.6. The summed E-state index contributed by atoms with van der Waals surface area (Å²) in [7, 11) is 0. The molecule has 0 aromatic carbocycles. The van der Waals surface area contributed by atoms with Crippen molar-refractivity contribution in [2.24, 2.45) is 0 Å². The number of carbonyl (C=O) groups excluding carboxylic acids is 3. The summed E-state index contributed by atoms with van der Waals surface area (Å²) in [5.41, 5.74) is 0. The Hall–Kier alpha value is -2.89. The van der Waals surface area contributed by atoms with E-state index in [1.165, 1.54) is 231 Å². The number of hydrogen-bond acceptors (Lipinski definition) is 6. The molecule has 1 unspecified atom stereocenters. The van der Waals surface area contributed by atoms with Crippen LogP contribution in [0, 0.1) is 0 Å². The van der Waals surface area contributed by atoms with Crippen molar-refractivity contribution < 1.29 is 28.6 Å². The van der Waals surface area contributed by atoms with Crippen LogP contribution in [0.5, 0.6) is 0 Å². The van der Waals surface area contributed by atoms with Crippen molar-refractivity contribution in [2.75, 3.05) is 13.2 Å². The lowest BCUT2D eigenvalue weighted by Crippen LogP contribution is -2.30. The van der Waals surface area contributed by atoms with E-state index in [2.05, 4.69) is 81.5 Å². The fraction of sp³-hybridized carbons (Fsp3) is 0.822. The van der Waals surface area contributed by atoms with Gasteiger partial charge in [0.15, 0.2) is 6.10 Å². The molecule has 0 aromatic rings. The first-order valence-electron chi connectivity index (χ1n) is 34.8. The third kappa shape index (κ3) is 65.8. The molecule has 6 nitrogen and oxygen atoms in total. The van der Waals surface area contributed by atoms with Crippen molar-refractivity contribution in [2.45, 2.75) is 374 Å². The van der Waals surface area contributed by atoms with Crippen molar-refractivity contribution in [3.63, 3.8) is 0 Å². The maximum atomic E-state index is 12.9. The van der Waals surface area contributed by atoms with Gasteiger partial charge in [0.25, 0.3) is 0 Å². The van der Waals surface area contributed by atoms with Crippen LogP contribution in [0.2, 0.25) is 0 Å². The van der Waals surface area contributed by atoms with E-state index >= 15 is 0 Å². The highest BCUT2D eigenvalue weighted by Gasteiger charge is 2.19. The molecule has 1 atom stereocenters. The van der Waals surface area contributed by atoms with Crippen molar-refractivity contribution in [1.82, 2.24) is 0 Å². The van der Waals surface area contributed by atoms with Crippen LogP contribution in [0.1, 0.15) is 367 Å². The van der Waals surface area contributed by atoms with Gasteiger partial charge in [0.05, 0.1) is 0 Å². The van der Waals surface area contributed by atoms with Gasteiger partial charge in [-0.1, -0.05) is 326 Å². The second-order valence-electron chi connectivity index (χ2n) is 23.4. The zero-order chi connectivity index (χ0) is 57.1. The smallest absolute Gasteiger partial charge is 0.306 e. The van der Waals surface area contributed by atoms with Crippen LogP contribution in [-0.4, -0.2) is 37.2 Å². The molecule has 0 rings (SSSR count). The fourth-order valence-corrected chi connectivity index (χ4v) is 10.3. The molecule has 0 bridgehead atoms. The Labute approximate surface area is 491 Å². The zero-order valence-electron chi connectivity index (χ0n) is 52.9. The van der Waals surface area contributed by atoms with E-state index in [9.17, 15) is 14.4 Å². The van der Waals surface area contributed by atoms with Crippen LogP contribution in [0.3, 0.4) is 0 Å². The Balaban J connectivity index is 4.22. The number of ether oxygens (including phenoxy) is 3. The molecule has 0 saturated heterocycles. The Morgan fingerprint density at radius 1 is 0.253 bits per heavy atom. The van der Waals surface area contributed by atoms with Crippen LogP contribution >= 0.6 is 0 Å². The average molecular weight is 1110 g/mol. The minimum Gasteiger partial charge on any atom is -0.462 e. The molecule has 0 aliphatic carbocycles. The van der Waals surface area contributed by atoms with E-state index in [1.807, 2.05) is 0 Å². The number of rotatable bonds is 64. The van der Waals surface area contributed by atoms with Crippen LogP contribution in [-0.2, 0) is 28.6 Å². The quantitative estimate of drug-likeness (QED) is 0.0261. The Morgan fingerprint density at radius 3 is 0.759 bits per heavy atom. The summed E-state index contributed by atoms with van der Waals surface area (Å²) in [6.07, 6.45) is 86.8. The summed E-state index contributed by atoms with van der Waals surface area (Å²) < 4.78 is 17.0. The first-order valence-corrected chi connectivity index (χ1v) is 34.8. The molecule has 0 aliphatic heterocycles. The minimum absolute atomic E-state index is 0.0750. The molecule has 79 heavy (non-hydrogen) atoms. The number of esters is 3. The predicted molar refractivity (Wildman–Crippen MR) is 344 cm³/mol. The summed E-state index contributed by atoms with van der Waals surface area (Å²) >= 11 is 0. The molecular formula is C73H132O6. The van der Waals surface area contributed by atoms with E-state index in [0.29, 0.717) is 19.3 Å². The molecule has 0 fully saturated rings. The molecule has 0 N–H and O–H groups in total. The fourth-order valence-electron chi connectivity index (χ4n) is 10.3. The second-order valence-corrected chi connectivity index (χ2v) is 23.4. The zero-order valence-corrected chi connectivity index (χ0v) is 52.9. The van der Waals surface area contributed by atoms with Crippen LogP contribution in [0.4, 0.5) is 0 Å². The molecule has 0 spiro atoms. The van der Waals surface area contributed by atoms with Gasteiger partial charge in [-0.15, -0.1) is 0 Å². The summed E-state index contributed by atoms with van der Waals surface area (Å²) in [6.45, 7) is 6.61. The summed E-state index contributed by atoms with van der Waals surface area (Å²) in [4.78, 5) is 38.4. The van der Waals surface area contributed by atoms with Gasteiger partial charge in [-0.05, 0) is 83.5 Å². The molecule has 0 radical (unpaired) electrons. The van der Waals surface area contributed by atoms with E-state index in [-0.39, 0.29) is 31.1 Å². The standard InChI is InChI=1S/C73H132O6/c1-4-7-10-13-16-19-22-25-27-29-31-32-33-34-35-36-37-38-39-40-42-43-45-48-51-54-57-60-63-66-72(75)78-69-70(68-77-71(74)65-62-59-56-53-50-47-24-21-18-15-12-9-6-3)79-73(76)67-64-61-58-55-52-49-46-44-41-30-28-26-23-20-17-14-11-8-5-2/h12,15,21-22,24-25,29,31,33-34,70H,4-11,13-14,16-20,23,26-28,30,32,35-69H2,1-3H3/b15-12-,24-21-,25-22-,31-29-,34-33-. The molecular weight excluding hydrogens is 973 g/mol. The topological polar surface area (TPSA) is 78.9 Å². The highest BCUT2D eigenvalue weighted by molar-refractivity contribution is 5.71. The molecule has 0 amide bonds. The number of carbonyl (C=O) groups is 3. The van der Waals surface area contributed by atoms with Gasteiger partial charge in [-0.3, -0.25) is 14.4 Å². The van der Waals surface area contributed by atoms with Gasteiger partial charge >= 0.3 is 17.9 Å². The first kappa shape index (κ1) is 76.1.